The van der Waals surface area contributed by atoms with Crippen LogP contribution in [-0.4, -0.2) is 21.2 Å². The van der Waals surface area contributed by atoms with E-state index in [2.05, 4.69) is 10.4 Å². The van der Waals surface area contributed by atoms with Gasteiger partial charge in [0.25, 0.3) is 0 Å². The Balaban J connectivity index is 2.17. The number of anilines is 1. The second kappa shape index (κ2) is 5.37. The zero-order chi connectivity index (χ0) is 13.1. The van der Waals surface area contributed by atoms with Crippen LogP contribution in [0.5, 0.6) is 0 Å². The van der Waals surface area contributed by atoms with Crippen molar-refractivity contribution in [2.75, 3.05) is 11.9 Å². The molecule has 18 heavy (non-hydrogen) atoms. The molecule has 0 amide bonds. The maximum Gasteiger partial charge on any atom is 0.333 e. The van der Waals surface area contributed by atoms with E-state index in [1.165, 1.54) is 19.3 Å². The van der Waals surface area contributed by atoms with Crippen LogP contribution >= 0.6 is 0 Å². The summed E-state index contributed by atoms with van der Waals surface area (Å²) in [6.07, 6.45) is 5.23. The number of rotatable bonds is 6. The van der Waals surface area contributed by atoms with Gasteiger partial charge in [-0.3, -0.25) is 10.1 Å². The Bertz CT molecular complexity index is 438. The van der Waals surface area contributed by atoms with E-state index in [4.69, 9.17) is 0 Å². The van der Waals surface area contributed by atoms with Gasteiger partial charge in [0.1, 0.15) is 5.69 Å². The van der Waals surface area contributed by atoms with Crippen LogP contribution in [0.3, 0.4) is 0 Å². The van der Waals surface area contributed by atoms with E-state index >= 15 is 0 Å². The topological polar surface area (TPSA) is 73.0 Å². The van der Waals surface area contributed by atoms with Crippen LogP contribution in [0.25, 0.3) is 0 Å². The van der Waals surface area contributed by atoms with Crippen molar-refractivity contribution in [3.63, 3.8) is 0 Å². The van der Waals surface area contributed by atoms with Crippen molar-refractivity contribution < 1.29 is 4.92 Å². The number of hydrogen-bond donors (Lipinski definition) is 1. The number of nitrogens with one attached hydrogen (secondary N) is 1. The summed E-state index contributed by atoms with van der Waals surface area (Å²) in [5.41, 5.74) is 0.736. The minimum absolute atomic E-state index is 0.152. The van der Waals surface area contributed by atoms with Crippen LogP contribution < -0.4 is 5.32 Å². The van der Waals surface area contributed by atoms with Gasteiger partial charge in [0.05, 0.1) is 4.92 Å². The summed E-state index contributed by atoms with van der Waals surface area (Å²) >= 11 is 0. The van der Waals surface area contributed by atoms with Crippen molar-refractivity contribution >= 4 is 11.5 Å². The molecule has 0 saturated heterocycles. The molecule has 0 atom stereocenters. The summed E-state index contributed by atoms with van der Waals surface area (Å²) in [4.78, 5) is 10.9. The van der Waals surface area contributed by atoms with E-state index in [0.29, 0.717) is 23.9 Å². The number of nitrogens with zero attached hydrogens (tertiary/aromatic N) is 3. The Morgan fingerprint density at radius 2 is 2.28 bits per heavy atom. The lowest BCUT2D eigenvalue weighted by atomic mass is 9.85. The largest absolute Gasteiger partial charge is 0.364 e. The Labute approximate surface area is 107 Å². The van der Waals surface area contributed by atoms with Gasteiger partial charge in [0.15, 0.2) is 0 Å². The highest BCUT2D eigenvalue weighted by Crippen LogP contribution is 2.31. The van der Waals surface area contributed by atoms with Crippen molar-refractivity contribution in [3.05, 3.63) is 15.8 Å². The van der Waals surface area contributed by atoms with E-state index in [1.807, 2.05) is 6.92 Å². The fourth-order valence-corrected chi connectivity index (χ4v) is 2.30. The molecule has 1 fully saturated rings. The third kappa shape index (κ3) is 2.47. The molecular weight excluding hydrogens is 232 g/mol. The summed E-state index contributed by atoms with van der Waals surface area (Å²) in [5.74, 6) is 1.21. The molecule has 2 rings (SSSR count). The highest BCUT2D eigenvalue weighted by Gasteiger charge is 2.27. The van der Waals surface area contributed by atoms with Gasteiger partial charge in [-0.1, -0.05) is 19.8 Å². The van der Waals surface area contributed by atoms with Gasteiger partial charge in [-0.05, 0) is 25.2 Å². The molecule has 0 bridgehead atoms. The van der Waals surface area contributed by atoms with Crippen molar-refractivity contribution in [3.8, 4) is 0 Å². The minimum Gasteiger partial charge on any atom is -0.364 e. The molecular formula is C12H20N4O2. The average molecular weight is 252 g/mol. The standard InChI is InChI=1S/C12H20N4O2/c1-3-5-10-11(16(17)18)12(15(2)14-10)13-8-9-6-4-7-9/h9,13H,3-8H2,1-2H3. The Hall–Kier alpha value is -1.59. The molecule has 1 aromatic rings. The van der Waals surface area contributed by atoms with E-state index in [9.17, 15) is 10.1 Å². The van der Waals surface area contributed by atoms with E-state index < -0.39 is 0 Å². The normalized spacial score (nSPS) is 15.4. The van der Waals surface area contributed by atoms with Gasteiger partial charge in [-0.2, -0.15) is 5.10 Å². The second-order valence-electron chi connectivity index (χ2n) is 4.95. The first-order valence-electron chi connectivity index (χ1n) is 6.57. The van der Waals surface area contributed by atoms with E-state index in [-0.39, 0.29) is 10.6 Å². The van der Waals surface area contributed by atoms with Gasteiger partial charge in [0, 0.05) is 13.6 Å². The second-order valence-corrected chi connectivity index (χ2v) is 4.95. The zero-order valence-electron chi connectivity index (χ0n) is 11.0. The Morgan fingerprint density at radius 3 is 2.78 bits per heavy atom. The number of hydrogen-bond acceptors (Lipinski definition) is 4. The Kier molecular flexibility index (Phi) is 3.84. The first-order valence-corrected chi connectivity index (χ1v) is 6.57. The van der Waals surface area contributed by atoms with Gasteiger partial charge < -0.3 is 5.32 Å². The molecule has 0 unspecified atom stereocenters. The van der Waals surface area contributed by atoms with Crippen LogP contribution in [0.15, 0.2) is 0 Å². The molecule has 0 aromatic carbocycles. The third-order valence-corrected chi connectivity index (χ3v) is 3.54. The number of aromatic nitrogens is 2. The lowest BCUT2D eigenvalue weighted by molar-refractivity contribution is -0.384. The third-order valence-electron chi connectivity index (χ3n) is 3.54. The maximum absolute atomic E-state index is 11.2. The predicted molar refractivity (Wildman–Crippen MR) is 69.7 cm³/mol. The van der Waals surface area contributed by atoms with Crippen LogP contribution in [0.1, 0.15) is 38.3 Å². The molecule has 100 valence electrons. The molecule has 6 nitrogen and oxygen atoms in total. The lowest BCUT2D eigenvalue weighted by Crippen LogP contribution is -2.22. The fraction of sp³-hybridized carbons (Fsp3) is 0.750. The number of aryl methyl sites for hydroxylation is 2. The summed E-state index contributed by atoms with van der Waals surface area (Å²) in [5, 5.41) is 18.6. The van der Waals surface area contributed by atoms with E-state index in [0.717, 1.165) is 13.0 Å². The smallest absolute Gasteiger partial charge is 0.333 e. The van der Waals surface area contributed by atoms with Gasteiger partial charge in [-0.15, -0.1) is 0 Å². The SMILES string of the molecule is CCCc1nn(C)c(NCC2CCC2)c1[N+](=O)[O-]. The molecule has 1 N–H and O–H groups in total. The van der Waals surface area contributed by atoms with Crippen LogP contribution in [0.2, 0.25) is 0 Å². The van der Waals surface area contributed by atoms with Crippen molar-refractivity contribution in [1.29, 1.82) is 0 Å². The van der Waals surface area contributed by atoms with Crippen molar-refractivity contribution in [2.24, 2.45) is 13.0 Å². The predicted octanol–water partition coefficient (Wildman–Crippen LogP) is 2.49. The van der Waals surface area contributed by atoms with Crippen LogP contribution in [0, 0.1) is 16.0 Å². The summed E-state index contributed by atoms with van der Waals surface area (Å²) in [7, 11) is 1.76. The Morgan fingerprint density at radius 1 is 1.56 bits per heavy atom. The van der Waals surface area contributed by atoms with Crippen LogP contribution in [0.4, 0.5) is 11.5 Å². The maximum atomic E-state index is 11.2. The fourth-order valence-electron chi connectivity index (χ4n) is 2.30. The molecule has 0 radical (unpaired) electrons. The molecule has 1 saturated carbocycles. The van der Waals surface area contributed by atoms with Gasteiger partial charge in [0.2, 0.25) is 5.82 Å². The molecule has 1 aliphatic rings. The van der Waals surface area contributed by atoms with E-state index in [1.54, 1.807) is 11.7 Å². The van der Waals surface area contributed by atoms with Gasteiger partial charge in [-0.25, -0.2) is 4.68 Å². The highest BCUT2D eigenvalue weighted by atomic mass is 16.6. The molecule has 0 aliphatic heterocycles. The lowest BCUT2D eigenvalue weighted by Gasteiger charge is -2.25. The van der Waals surface area contributed by atoms with Crippen LogP contribution in [-0.2, 0) is 13.5 Å². The average Bonchev–Trinajstić information content (AvgIpc) is 2.54. The molecule has 1 aliphatic carbocycles. The minimum atomic E-state index is -0.318. The molecule has 6 heteroatoms. The monoisotopic (exact) mass is 252 g/mol. The number of nitro groups is 1. The summed E-state index contributed by atoms with van der Waals surface area (Å²) < 4.78 is 1.60. The molecule has 0 spiro atoms. The molecule has 1 aromatic heterocycles. The quantitative estimate of drug-likeness (QED) is 0.623. The van der Waals surface area contributed by atoms with Gasteiger partial charge >= 0.3 is 5.69 Å². The zero-order valence-corrected chi connectivity index (χ0v) is 11.0. The first kappa shape index (κ1) is 12.9. The van der Waals surface area contributed by atoms with Crippen molar-refractivity contribution in [2.45, 2.75) is 39.0 Å². The first-order chi connectivity index (χ1) is 8.63. The summed E-state index contributed by atoms with van der Waals surface area (Å²) in [6, 6.07) is 0. The molecule has 1 heterocycles. The summed E-state index contributed by atoms with van der Waals surface area (Å²) in [6.45, 7) is 2.81. The highest BCUT2D eigenvalue weighted by molar-refractivity contribution is 5.59. The van der Waals surface area contributed by atoms with Crippen molar-refractivity contribution in [1.82, 2.24) is 9.78 Å².